The molecule has 0 aliphatic rings. The van der Waals surface area contributed by atoms with E-state index >= 15 is 0 Å². The molecule has 0 radical (unpaired) electrons. The fourth-order valence-corrected chi connectivity index (χ4v) is 2.22. The quantitative estimate of drug-likeness (QED) is 0.768. The van der Waals surface area contributed by atoms with Crippen LogP contribution in [0.5, 0.6) is 0 Å². The molecule has 2 aromatic carbocycles. The van der Waals surface area contributed by atoms with Crippen molar-refractivity contribution in [2.45, 2.75) is 26.8 Å². The molecule has 0 amide bonds. The number of halogens is 2. The summed E-state index contributed by atoms with van der Waals surface area (Å²) in [6.07, 6.45) is 1.04. The van der Waals surface area contributed by atoms with E-state index in [2.05, 4.69) is 12.2 Å². The van der Waals surface area contributed by atoms with Gasteiger partial charge in [0, 0.05) is 17.1 Å². The van der Waals surface area contributed by atoms with E-state index in [1.807, 2.05) is 37.3 Å². The maximum absolute atomic E-state index is 14.1. The van der Waals surface area contributed by atoms with Crippen molar-refractivity contribution in [1.29, 1.82) is 0 Å². The highest BCUT2D eigenvalue weighted by Crippen LogP contribution is 2.26. The molecule has 0 aliphatic heterocycles. The summed E-state index contributed by atoms with van der Waals surface area (Å²) in [5.41, 5.74) is 3.51. The van der Waals surface area contributed by atoms with Crippen LogP contribution in [0, 0.1) is 12.7 Å². The SMILES string of the molecule is CCCNCc1ccc(-c2ccc(C)c(Cl)c2)cc1F. The normalized spacial score (nSPS) is 10.8. The van der Waals surface area contributed by atoms with E-state index in [0.29, 0.717) is 17.1 Å². The zero-order valence-corrected chi connectivity index (χ0v) is 12.6. The summed E-state index contributed by atoms with van der Waals surface area (Å²) in [7, 11) is 0. The molecule has 0 fully saturated rings. The Morgan fingerprint density at radius 3 is 2.45 bits per heavy atom. The van der Waals surface area contributed by atoms with E-state index < -0.39 is 0 Å². The van der Waals surface area contributed by atoms with Gasteiger partial charge in [0.05, 0.1) is 0 Å². The van der Waals surface area contributed by atoms with E-state index in [9.17, 15) is 4.39 Å². The maximum Gasteiger partial charge on any atom is 0.128 e. The van der Waals surface area contributed by atoms with Gasteiger partial charge in [0.15, 0.2) is 0 Å². The minimum Gasteiger partial charge on any atom is -0.313 e. The van der Waals surface area contributed by atoms with Crippen LogP contribution < -0.4 is 5.32 Å². The molecule has 1 N–H and O–H groups in total. The minimum absolute atomic E-state index is 0.178. The van der Waals surface area contributed by atoms with Crippen LogP contribution in [0.4, 0.5) is 4.39 Å². The number of benzene rings is 2. The van der Waals surface area contributed by atoms with Crippen LogP contribution in [-0.4, -0.2) is 6.54 Å². The first kappa shape index (κ1) is 15.0. The lowest BCUT2D eigenvalue weighted by Gasteiger charge is -2.08. The van der Waals surface area contributed by atoms with E-state index in [0.717, 1.165) is 29.7 Å². The molecule has 106 valence electrons. The van der Waals surface area contributed by atoms with Crippen LogP contribution in [0.2, 0.25) is 5.02 Å². The third-order valence-electron chi connectivity index (χ3n) is 3.30. The zero-order chi connectivity index (χ0) is 14.5. The van der Waals surface area contributed by atoms with Crippen LogP contribution >= 0.6 is 11.6 Å². The summed E-state index contributed by atoms with van der Waals surface area (Å²) in [6, 6.07) is 11.1. The average molecular weight is 292 g/mol. The van der Waals surface area contributed by atoms with Crippen molar-refractivity contribution in [3.63, 3.8) is 0 Å². The van der Waals surface area contributed by atoms with Gasteiger partial charge in [-0.1, -0.05) is 42.8 Å². The Morgan fingerprint density at radius 1 is 1.10 bits per heavy atom. The Labute approximate surface area is 124 Å². The number of aryl methyl sites for hydroxylation is 1. The molecular formula is C17H19ClFN. The summed E-state index contributed by atoms with van der Waals surface area (Å²) in [5, 5.41) is 3.91. The molecule has 0 heterocycles. The van der Waals surface area contributed by atoms with Crippen molar-refractivity contribution < 1.29 is 4.39 Å². The van der Waals surface area contributed by atoms with Crippen LogP contribution in [0.3, 0.4) is 0 Å². The number of rotatable bonds is 5. The molecule has 0 bridgehead atoms. The van der Waals surface area contributed by atoms with Crippen LogP contribution in [0.25, 0.3) is 11.1 Å². The first-order valence-corrected chi connectivity index (χ1v) is 7.25. The van der Waals surface area contributed by atoms with E-state index in [1.165, 1.54) is 0 Å². The van der Waals surface area contributed by atoms with E-state index in [4.69, 9.17) is 11.6 Å². The molecule has 20 heavy (non-hydrogen) atoms. The molecule has 3 heteroatoms. The van der Waals surface area contributed by atoms with Gasteiger partial charge in [0.25, 0.3) is 0 Å². The highest BCUT2D eigenvalue weighted by atomic mass is 35.5. The fraction of sp³-hybridized carbons (Fsp3) is 0.294. The summed E-state index contributed by atoms with van der Waals surface area (Å²) in [4.78, 5) is 0. The Hall–Kier alpha value is -1.38. The first-order valence-electron chi connectivity index (χ1n) is 6.87. The van der Waals surface area contributed by atoms with Gasteiger partial charge < -0.3 is 5.32 Å². The monoisotopic (exact) mass is 291 g/mol. The van der Waals surface area contributed by atoms with Crippen molar-refractivity contribution in [3.8, 4) is 11.1 Å². The zero-order valence-electron chi connectivity index (χ0n) is 11.8. The van der Waals surface area contributed by atoms with Gasteiger partial charge in [-0.2, -0.15) is 0 Å². The predicted octanol–water partition coefficient (Wildman–Crippen LogP) is 4.95. The van der Waals surface area contributed by atoms with Gasteiger partial charge in [0.2, 0.25) is 0 Å². The molecule has 0 aliphatic carbocycles. The second kappa shape index (κ2) is 6.87. The van der Waals surface area contributed by atoms with E-state index in [1.54, 1.807) is 6.07 Å². The van der Waals surface area contributed by atoms with Gasteiger partial charge in [-0.3, -0.25) is 0 Å². The molecule has 0 saturated carbocycles. The van der Waals surface area contributed by atoms with Crippen molar-refractivity contribution in [1.82, 2.24) is 5.32 Å². The van der Waals surface area contributed by atoms with Gasteiger partial charge in [-0.15, -0.1) is 0 Å². The summed E-state index contributed by atoms with van der Waals surface area (Å²) < 4.78 is 14.1. The number of hydrogen-bond donors (Lipinski definition) is 1. The highest BCUT2D eigenvalue weighted by molar-refractivity contribution is 6.31. The Bertz CT molecular complexity index is 596. The lowest BCUT2D eigenvalue weighted by molar-refractivity contribution is 0.587. The lowest BCUT2D eigenvalue weighted by atomic mass is 10.0. The van der Waals surface area contributed by atoms with Crippen molar-refractivity contribution in [3.05, 3.63) is 58.4 Å². The minimum atomic E-state index is -0.178. The van der Waals surface area contributed by atoms with Crippen molar-refractivity contribution in [2.75, 3.05) is 6.54 Å². The number of nitrogens with one attached hydrogen (secondary N) is 1. The Morgan fingerprint density at radius 2 is 1.80 bits per heavy atom. The Kier molecular flexibility index (Phi) is 5.16. The second-order valence-corrected chi connectivity index (χ2v) is 5.35. The lowest BCUT2D eigenvalue weighted by Crippen LogP contribution is -2.14. The second-order valence-electron chi connectivity index (χ2n) is 4.95. The molecule has 2 aromatic rings. The van der Waals surface area contributed by atoms with Gasteiger partial charge in [0.1, 0.15) is 5.82 Å². The maximum atomic E-state index is 14.1. The van der Waals surface area contributed by atoms with E-state index in [-0.39, 0.29) is 5.82 Å². The summed E-state index contributed by atoms with van der Waals surface area (Å²) in [5.74, 6) is -0.178. The van der Waals surface area contributed by atoms with Crippen molar-refractivity contribution in [2.24, 2.45) is 0 Å². The first-order chi connectivity index (χ1) is 9.61. The molecule has 0 aromatic heterocycles. The third kappa shape index (κ3) is 3.59. The van der Waals surface area contributed by atoms with Gasteiger partial charge in [-0.25, -0.2) is 4.39 Å². The third-order valence-corrected chi connectivity index (χ3v) is 3.71. The van der Waals surface area contributed by atoms with Gasteiger partial charge >= 0.3 is 0 Å². The number of hydrogen-bond acceptors (Lipinski definition) is 1. The van der Waals surface area contributed by atoms with Crippen LogP contribution in [0.1, 0.15) is 24.5 Å². The topological polar surface area (TPSA) is 12.0 Å². The smallest absolute Gasteiger partial charge is 0.128 e. The molecule has 0 atom stereocenters. The molecule has 1 nitrogen and oxygen atoms in total. The van der Waals surface area contributed by atoms with Gasteiger partial charge in [-0.05, 0) is 48.7 Å². The highest BCUT2D eigenvalue weighted by Gasteiger charge is 2.06. The van der Waals surface area contributed by atoms with Crippen molar-refractivity contribution >= 4 is 11.6 Å². The molecular weight excluding hydrogens is 273 g/mol. The summed E-state index contributed by atoms with van der Waals surface area (Å²) >= 11 is 6.12. The predicted molar refractivity (Wildman–Crippen MR) is 83.6 cm³/mol. The van der Waals surface area contributed by atoms with Crippen LogP contribution in [-0.2, 0) is 6.54 Å². The standard InChI is InChI=1S/C17H19ClFN/c1-3-8-20-11-15-7-6-14(10-17(15)19)13-5-4-12(2)16(18)9-13/h4-7,9-10,20H,3,8,11H2,1-2H3. The largest absolute Gasteiger partial charge is 0.313 e. The average Bonchev–Trinajstić information content (AvgIpc) is 2.44. The Balaban J connectivity index is 2.21. The molecule has 0 unspecified atom stereocenters. The molecule has 0 spiro atoms. The van der Waals surface area contributed by atoms with Crippen LogP contribution in [0.15, 0.2) is 36.4 Å². The summed E-state index contributed by atoms with van der Waals surface area (Å²) in [6.45, 7) is 5.51. The fourth-order valence-electron chi connectivity index (χ4n) is 2.04. The molecule has 2 rings (SSSR count). The molecule has 0 saturated heterocycles.